The number of aryl methyl sites for hydroxylation is 2. The molecule has 10 heteroatoms. The molecule has 1 N–H and O–H groups in total. The molecule has 0 radical (unpaired) electrons. The summed E-state index contributed by atoms with van der Waals surface area (Å²) in [6.45, 7) is 4.03. The van der Waals surface area contributed by atoms with Crippen LogP contribution in [-0.4, -0.2) is 32.2 Å². The van der Waals surface area contributed by atoms with E-state index in [-0.39, 0.29) is 30.1 Å². The Morgan fingerprint density at radius 3 is 2.59 bits per heavy atom. The number of thiophene rings is 1. The Balaban J connectivity index is 1.58. The van der Waals surface area contributed by atoms with E-state index in [0.717, 1.165) is 16.5 Å². The maximum atomic E-state index is 14.3. The lowest BCUT2D eigenvalue weighted by Crippen LogP contribution is -2.27. The van der Waals surface area contributed by atoms with Crippen LogP contribution in [0.4, 0.5) is 4.39 Å². The van der Waals surface area contributed by atoms with E-state index in [1.54, 1.807) is 19.9 Å². The third kappa shape index (κ3) is 5.39. The summed E-state index contributed by atoms with van der Waals surface area (Å²) < 4.78 is 20.8. The maximum Gasteiger partial charge on any atom is 0.349 e. The SMILES string of the molecule is CCOC(=O)c1cnc(-c2ccc(-c3c(C)nc(-c4cccc(F)c4O)n(CCc4ccccc4)c3=O)s2)s1. The molecule has 0 saturated carbocycles. The van der Waals surface area contributed by atoms with Crippen molar-refractivity contribution in [2.45, 2.75) is 26.8 Å². The topological polar surface area (TPSA) is 94.3 Å². The standard InChI is InChI=1S/C29H24FN3O4S2/c1-3-37-29(36)23-16-31-27(39-23)22-13-12-21(38-22)24-17(2)32-26(19-10-7-11-20(30)25(19)34)33(28(24)35)15-14-18-8-5-4-6-9-18/h4-13,16,34H,3,14-15H2,1-2H3. The van der Waals surface area contributed by atoms with Crippen molar-refractivity contribution in [1.29, 1.82) is 0 Å². The van der Waals surface area contributed by atoms with E-state index in [1.807, 2.05) is 42.5 Å². The molecule has 0 spiro atoms. The van der Waals surface area contributed by atoms with Gasteiger partial charge in [0.25, 0.3) is 5.56 Å². The number of esters is 1. The van der Waals surface area contributed by atoms with Crippen LogP contribution in [0, 0.1) is 12.7 Å². The van der Waals surface area contributed by atoms with Crippen molar-refractivity contribution in [1.82, 2.24) is 14.5 Å². The number of nitrogens with zero attached hydrogens (tertiary/aromatic N) is 3. The lowest BCUT2D eigenvalue weighted by Gasteiger charge is -2.16. The normalized spacial score (nSPS) is 11.1. The number of benzene rings is 2. The summed E-state index contributed by atoms with van der Waals surface area (Å²) in [6, 6.07) is 17.6. The van der Waals surface area contributed by atoms with Crippen LogP contribution in [0.2, 0.25) is 0 Å². The monoisotopic (exact) mass is 561 g/mol. The predicted octanol–water partition coefficient (Wildman–Crippen LogP) is 6.33. The molecule has 198 valence electrons. The third-order valence-corrected chi connectivity index (χ3v) is 8.34. The molecule has 0 amide bonds. The summed E-state index contributed by atoms with van der Waals surface area (Å²) >= 11 is 2.59. The number of halogens is 1. The fourth-order valence-electron chi connectivity index (χ4n) is 4.21. The molecular weight excluding hydrogens is 537 g/mol. The molecule has 0 atom stereocenters. The zero-order valence-corrected chi connectivity index (χ0v) is 22.8. The Morgan fingerprint density at radius 2 is 1.82 bits per heavy atom. The number of ether oxygens (including phenoxy) is 1. The summed E-state index contributed by atoms with van der Waals surface area (Å²) in [7, 11) is 0. The molecule has 0 aliphatic rings. The average molecular weight is 562 g/mol. The number of aromatic hydroxyl groups is 1. The largest absolute Gasteiger partial charge is 0.504 e. The second-order valence-corrected chi connectivity index (χ2v) is 10.8. The highest BCUT2D eigenvalue weighted by Crippen LogP contribution is 2.37. The van der Waals surface area contributed by atoms with Gasteiger partial charge in [-0.1, -0.05) is 36.4 Å². The van der Waals surface area contributed by atoms with Gasteiger partial charge in [0.15, 0.2) is 11.6 Å². The van der Waals surface area contributed by atoms with Gasteiger partial charge in [0.2, 0.25) is 0 Å². The smallest absolute Gasteiger partial charge is 0.349 e. The van der Waals surface area contributed by atoms with Gasteiger partial charge in [0, 0.05) is 11.4 Å². The van der Waals surface area contributed by atoms with Crippen molar-refractivity contribution in [2.75, 3.05) is 6.61 Å². The van der Waals surface area contributed by atoms with Gasteiger partial charge in [-0.3, -0.25) is 9.36 Å². The van der Waals surface area contributed by atoms with Crippen molar-refractivity contribution in [3.63, 3.8) is 0 Å². The number of carbonyl (C=O) groups excluding carboxylic acids is 1. The molecule has 7 nitrogen and oxygen atoms in total. The van der Waals surface area contributed by atoms with Crippen molar-refractivity contribution in [3.8, 4) is 37.5 Å². The zero-order chi connectivity index (χ0) is 27.5. The van der Waals surface area contributed by atoms with Gasteiger partial charge in [-0.15, -0.1) is 22.7 Å². The van der Waals surface area contributed by atoms with E-state index in [9.17, 15) is 19.1 Å². The molecule has 0 aliphatic heterocycles. The molecule has 3 heterocycles. The maximum absolute atomic E-state index is 14.3. The van der Waals surface area contributed by atoms with Gasteiger partial charge in [0.05, 0.1) is 34.5 Å². The minimum atomic E-state index is -0.786. The minimum Gasteiger partial charge on any atom is -0.504 e. The summed E-state index contributed by atoms with van der Waals surface area (Å²) in [5, 5.41) is 11.1. The molecule has 0 bridgehead atoms. The number of carbonyl (C=O) groups is 1. The summed E-state index contributed by atoms with van der Waals surface area (Å²) in [5.74, 6) is -1.56. The number of hydrogen-bond acceptors (Lipinski definition) is 8. The molecule has 39 heavy (non-hydrogen) atoms. The van der Waals surface area contributed by atoms with Crippen LogP contribution in [0.1, 0.15) is 27.9 Å². The molecule has 5 rings (SSSR count). The number of phenols is 1. The molecule has 0 aliphatic carbocycles. The third-order valence-electron chi connectivity index (χ3n) is 6.09. The van der Waals surface area contributed by atoms with E-state index in [0.29, 0.717) is 32.4 Å². The second kappa shape index (κ2) is 11.3. The molecule has 0 saturated heterocycles. The van der Waals surface area contributed by atoms with Gasteiger partial charge < -0.3 is 9.84 Å². The minimum absolute atomic E-state index is 0.149. The number of hydrogen-bond donors (Lipinski definition) is 1. The molecule has 0 fully saturated rings. The molecule has 0 unspecified atom stereocenters. The second-order valence-electron chi connectivity index (χ2n) is 8.64. The van der Waals surface area contributed by atoms with Crippen molar-refractivity contribution < 1.29 is 19.0 Å². The number of para-hydroxylation sites is 1. The van der Waals surface area contributed by atoms with E-state index in [4.69, 9.17) is 9.72 Å². The van der Waals surface area contributed by atoms with E-state index < -0.39 is 17.5 Å². The van der Waals surface area contributed by atoms with Crippen LogP contribution in [0.15, 0.2) is 71.7 Å². The fraction of sp³-hybridized carbons (Fsp3) is 0.172. The predicted molar refractivity (Wildman–Crippen MR) is 151 cm³/mol. The first-order valence-electron chi connectivity index (χ1n) is 12.2. The Hall–Kier alpha value is -4.15. The van der Waals surface area contributed by atoms with Crippen LogP contribution in [0.5, 0.6) is 5.75 Å². The summed E-state index contributed by atoms with van der Waals surface area (Å²) in [6.07, 6.45) is 2.03. The van der Waals surface area contributed by atoms with Crippen LogP contribution in [-0.2, 0) is 17.7 Å². The highest BCUT2D eigenvalue weighted by Gasteiger charge is 2.22. The fourth-order valence-corrected chi connectivity index (χ4v) is 6.18. The Labute approximate surface area is 231 Å². The van der Waals surface area contributed by atoms with Crippen molar-refractivity contribution in [2.24, 2.45) is 0 Å². The van der Waals surface area contributed by atoms with Crippen LogP contribution in [0.25, 0.3) is 31.7 Å². The van der Waals surface area contributed by atoms with Gasteiger partial charge in [-0.2, -0.15) is 0 Å². The molecule has 5 aromatic rings. The van der Waals surface area contributed by atoms with Gasteiger partial charge in [-0.05, 0) is 50.1 Å². The number of rotatable bonds is 8. The zero-order valence-electron chi connectivity index (χ0n) is 21.2. The molecular formula is C29H24FN3O4S2. The average Bonchev–Trinajstić information content (AvgIpc) is 3.61. The quantitative estimate of drug-likeness (QED) is 0.222. The highest BCUT2D eigenvalue weighted by atomic mass is 32.1. The van der Waals surface area contributed by atoms with Crippen molar-refractivity contribution in [3.05, 3.63) is 99.2 Å². The Bertz CT molecular complexity index is 1710. The van der Waals surface area contributed by atoms with Crippen molar-refractivity contribution >= 4 is 28.6 Å². The van der Waals surface area contributed by atoms with E-state index >= 15 is 0 Å². The highest BCUT2D eigenvalue weighted by molar-refractivity contribution is 7.24. The summed E-state index contributed by atoms with van der Waals surface area (Å²) in [5.41, 5.74) is 1.75. The van der Waals surface area contributed by atoms with Gasteiger partial charge >= 0.3 is 5.97 Å². The first-order valence-corrected chi connectivity index (χ1v) is 13.9. The van der Waals surface area contributed by atoms with Crippen LogP contribution >= 0.6 is 22.7 Å². The van der Waals surface area contributed by atoms with Crippen LogP contribution in [0.3, 0.4) is 0 Å². The number of aromatic nitrogens is 3. The lowest BCUT2D eigenvalue weighted by atomic mass is 10.1. The van der Waals surface area contributed by atoms with Gasteiger partial charge in [0.1, 0.15) is 15.7 Å². The first-order chi connectivity index (χ1) is 18.9. The number of phenolic OH excluding ortho intramolecular Hbond substituents is 1. The van der Waals surface area contributed by atoms with Gasteiger partial charge in [-0.25, -0.2) is 19.2 Å². The molecule has 2 aromatic carbocycles. The lowest BCUT2D eigenvalue weighted by molar-refractivity contribution is 0.0532. The van der Waals surface area contributed by atoms with E-state index in [2.05, 4.69) is 4.98 Å². The summed E-state index contributed by atoms with van der Waals surface area (Å²) in [4.78, 5) is 37.0. The first kappa shape index (κ1) is 26.5. The number of thiazole rings is 1. The molecule has 3 aromatic heterocycles. The Kier molecular flexibility index (Phi) is 7.67. The van der Waals surface area contributed by atoms with E-state index in [1.165, 1.54) is 39.5 Å². The Morgan fingerprint density at radius 1 is 1.05 bits per heavy atom. The van der Waals surface area contributed by atoms with Crippen LogP contribution < -0.4 is 5.56 Å².